The van der Waals surface area contributed by atoms with E-state index in [1.165, 1.54) is 11.0 Å². The molecule has 5 nitrogen and oxygen atoms in total. The Hall–Kier alpha value is -2.70. The van der Waals surface area contributed by atoms with Gasteiger partial charge in [-0.2, -0.15) is 0 Å². The third-order valence-corrected chi connectivity index (χ3v) is 4.47. The summed E-state index contributed by atoms with van der Waals surface area (Å²) in [5.74, 6) is -3.37. The van der Waals surface area contributed by atoms with Crippen LogP contribution in [0.3, 0.4) is 0 Å². The Labute approximate surface area is 142 Å². The van der Waals surface area contributed by atoms with Crippen LogP contribution in [0.4, 0.5) is 8.78 Å². The third-order valence-electron chi connectivity index (χ3n) is 4.47. The van der Waals surface area contributed by atoms with Crippen LogP contribution < -0.4 is 0 Å². The molecule has 25 heavy (non-hydrogen) atoms. The number of furan rings is 1. The lowest BCUT2D eigenvalue weighted by Crippen LogP contribution is -2.38. The molecule has 0 atom stereocenters. The average Bonchev–Trinajstić information content (AvgIpc) is 3.26. The number of halogens is 2. The zero-order chi connectivity index (χ0) is 18.0. The summed E-state index contributed by atoms with van der Waals surface area (Å²) in [6.07, 6.45) is 4.29. The van der Waals surface area contributed by atoms with E-state index >= 15 is 0 Å². The summed E-state index contributed by atoms with van der Waals surface area (Å²) in [5, 5.41) is 8.95. The van der Waals surface area contributed by atoms with Crippen LogP contribution in [0, 0.1) is 11.6 Å². The van der Waals surface area contributed by atoms with E-state index < -0.39 is 23.5 Å². The molecule has 1 aromatic carbocycles. The number of benzene rings is 1. The Balaban J connectivity index is 1.91. The van der Waals surface area contributed by atoms with Crippen LogP contribution in [0.15, 0.2) is 34.9 Å². The van der Waals surface area contributed by atoms with E-state index in [1.807, 2.05) is 0 Å². The molecule has 1 aliphatic carbocycles. The van der Waals surface area contributed by atoms with E-state index in [0.29, 0.717) is 0 Å². The fourth-order valence-electron chi connectivity index (χ4n) is 3.14. The Morgan fingerprint density at radius 2 is 1.84 bits per heavy atom. The summed E-state index contributed by atoms with van der Waals surface area (Å²) < 4.78 is 33.1. The van der Waals surface area contributed by atoms with Crippen molar-refractivity contribution in [2.75, 3.05) is 0 Å². The van der Waals surface area contributed by atoms with Gasteiger partial charge in [0.05, 0.1) is 12.1 Å². The molecule has 2 aromatic rings. The molecule has 0 bridgehead atoms. The van der Waals surface area contributed by atoms with Crippen molar-refractivity contribution in [1.29, 1.82) is 0 Å². The minimum Gasteiger partial charge on any atom is -0.478 e. The van der Waals surface area contributed by atoms with Crippen molar-refractivity contribution in [3.8, 4) is 0 Å². The van der Waals surface area contributed by atoms with Gasteiger partial charge in [0.2, 0.25) is 0 Å². The fraction of sp³-hybridized carbons (Fsp3) is 0.333. The first-order valence-electron chi connectivity index (χ1n) is 8.03. The van der Waals surface area contributed by atoms with E-state index in [0.717, 1.165) is 50.1 Å². The Morgan fingerprint density at radius 1 is 1.20 bits per heavy atom. The number of nitrogens with zero attached hydrogens (tertiary/aromatic N) is 1. The molecule has 1 fully saturated rings. The molecular weight excluding hydrogens is 332 g/mol. The van der Waals surface area contributed by atoms with Gasteiger partial charge in [0, 0.05) is 17.7 Å². The summed E-state index contributed by atoms with van der Waals surface area (Å²) in [5.41, 5.74) is -0.334. The molecule has 132 valence electrons. The van der Waals surface area contributed by atoms with Crippen LogP contribution in [0.25, 0.3) is 0 Å². The zero-order valence-electron chi connectivity index (χ0n) is 13.4. The van der Waals surface area contributed by atoms with Crippen LogP contribution in [0.2, 0.25) is 0 Å². The SMILES string of the molecule is O=C(O)c1coc(C(=O)N(Cc2c(F)cccc2F)C2CCCC2)c1. The van der Waals surface area contributed by atoms with Crippen LogP contribution in [-0.4, -0.2) is 27.9 Å². The number of carbonyl (C=O) groups is 2. The maximum Gasteiger partial charge on any atom is 0.338 e. The largest absolute Gasteiger partial charge is 0.478 e. The van der Waals surface area contributed by atoms with Gasteiger partial charge >= 0.3 is 5.97 Å². The van der Waals surface area contributed by atoms with Crippen LogP contribution >= 0.6 is 0 Å². The maximum atomic E-state index is 14.0. The first-order chi connectivity index (χ1) is 12.0. The molecule has 0 saturated heterocycles. The second kappa shape index (κ2) is 7.04. The highest BCUT2D eigenvalue weighted by Crippen LogP contribution is 2.28. The second-order valence-electron chi connectivity index (χ2n) is 6.08. The Kier molecular flexibility index (Phi) is 4.83. The van der Waals surface area contributed by atoms with Gasteiger partial charge in [-0.3, -0.25) is 4.79 Å². The molecule has 1 aromatic heterocycles. The van der Waals surface area contributed by atoms with E-state index in [1.54, 1.807) is 0 Å². The summed E-state index contributed by atoms with van der Waals surface area (Å²) in [6, 6.07) is 4.52. The fourth-order valence-corrected chi connectivity index (χ4v) is 3.14. The van der Waals surface area contributed by atoms with Gasteiger partial charge in [-0.1, -0.05) is 18.9 Å². The minimum atomic E-state index is -1.21. The lowest BCUT2D eigenvalue weighted by atomic mass is 10.1. The highest BCUT2D eigenvalue weighted by Gasteiger charge is 2.31. The van der Waals surface area contributed by atoms with Gasteiger partial charge in [-0.25, -0.2) is 13.6 Å². The molecular formula is C18H17F2NO4. The minimum absolute atomic E-state index is 0.146. The summed E-state index contributed by atoms with van der Waals surface area (Å²) in [6.45, 7) is -0.231. The molecule has 3 rings (SSSR count). The molecule has 7 heteroatoms. The number of carbonyl (C=O) groups excluding carboxylic acids is 1. The summed E-state index contributed by atoms with van der Waals surface area (Å²) >= 11 is 0. The van der Waals surface area contributed by atoms with Gasteiger partial charge in [-0.15, -0.1) is 0 Å². The molecule has 1 aliphatic rings. The predicted molar refractivity (Wildman–Crippen MR) is 84.2 cm³/mol. The average molecular weight is 349 g/mol. The smallest absolute Gasteiger partial charge is 0.338 e. The van der Waals surface area contributed by atoms with Gasteiger partial charge in [-0.05, 0) is 25.0 Å². The first kappa shape index (κ1) is 17.1. The van der Waals surface area contributed by atoms with Gasteiger partial charge in [0.25, 0.3) is 5.91 Å². The van der Waals surface area contributed by atoms with E-state index in [9.17, 15) is 18.4 Å². The molecule has 1 amide bonds. The number of amides is 1. The van der Waals surface area contributed by atoms with E-state index in [-0.39, 0.29) is 29.5 Å². The van der Waals surface area contributed by atoms with Gasteiger partial charge < -0.3 is 14.4 Å². The van der Waals surface area contributed by atoms with Crippen molar-refractivity contribution in [2.45, 2.75) is 38.3 Å². The number of carboxylic acids is 1. The van der Waals surface area contributed by atoms with Crippen molar-refractivity contribution in [1.82, 2.24) is 4.90 Å². The van der Waals surface area contributed by atoms with Crippen LogP contribution in [-0.2, 0) is 6.54 Å². The standard InChI is InChI=1S/C18H17F2NO4/c19-14-6-3-7-15(20)13(14)9-21(12-4-1-2-5-12)17(22)16-8-11(10-25-16)18(23)24/h3,6-8,10,12H,1-2,4-5,9H2,(H,23,24). The van der Waals surface area contributed by atoms with E-state index in [4.69, 9.17) is 9.52 Å². The number of aromatic carboxylic acids is 1. The Morgan fingerprint density at radius 3 is 2.40 bits per heavy atom. The van der Waals surface area contributed by atoms with E-state index in [2.05, 4.69) is 0 Å². The van der Waals surface area contributed by atoms with Crippen molar-refractivity contribution in [3.05, 3.63) is 59.1 Å². The van der Waals surface area contributed by atoms with Crippen molar-refractivity contribution in [2.24, 2.45) is 0 Å². The number of hydrogen-bond acceptors (Lipinski definition) is 3. The maximum absolute atomic E-state index is 14.0. The van der Waals surface area contributed by atoms with Crippen molar-refractivity contribution >= 4 is 11.9 Å². The van der Waals surface area contributed by atoms with Gasteiger partial charge in [0.15, 0.2) is 5.76 Å². The lowest BCUT2D eigenvalue weighted by Gasteiger charge is -2.28. The molecule has 0 aliphatic heterocycles. The molecule has 0 unspecified atom stereocenters. The monoisotopic (exact) mass is 349 g/mol. The molecule has 0 radical (unpaired) electrons. The predicted octanol–water partition coefficient (Wildman–Crippen LogP) is 3.84. The van der Waals surface area contributed by atoms with Gasteiger partial charge in [0.1, 0.15) is 17.9 Å². The van der Waals surface area contributed by atoms with Crippen LogP contribution in [0.1, 0.15) is 52.2 Å². The summed E-state index contributed by atoms with van der Waals surface area (Å²) in [7, 11) is 0. The van der Waals surface area contributed by atoms with Crippen molar-refractivity contribution in [3.63, 3.8) is 0 Å². The normalized spacial score (nSPS) is 14.6. The quantitative estimate of drug-likeness (QED) is 0.890. The summed E-state index contributed by atoms with van der Waals surface area (Å²) in [4.78, 5) is 25.1. The molecule has 1 saturated carbocycles. The topological polar surface area (TPSA) is 70.7 Å². The number of rotatable bonds is 5. The van der Waals surface area contributed by atoms with Crippen LogP contribution in [0.5, 0.6) is 0 Å². The Bertz CT molecular complexity index is 776. The highest BCUT2D eigenvalue weighted by molar-refractivity contribution is 5.95. The first-order valence-corrected chi connectivity index (χ1v) is 8.03. The molecule has 0 spiro atoms. The van der Waals surface area contributed by atoms with Crippen molar-refractivity contribution < 1.29 is 27.9 Å². The molecule has 1 heterocycles. The lowest BCUT2D eigenvalue weighted by molar-refractivity contribution is 0.0626. The zero-order valence-corrected chi connectivity index (χ0v) is 13.4. The third kappa shape index (κ3) is 3.55. The molecule has 1 N–H and O–H groups in total. The number of carboxylic acid groups (broad SMARTS) is 1. The second-order valence-corrected chi connectivity index (χ2v) is 6.08. The highest BCUT2D eigenvalue weighted by atomic mass is 19.1. The number of hydrogen-bond donors (Lipinski definition) is 1.